The van der Waals surface area contributed by atoms with Crippen LogP contribution in [0.3, 0.4) is 0 Å². The average Bonchev–Trinajstić information content (AvgIpc) is 2.62. The zero-order valence-corrected chi connectivity index (χ0v) is 9.94. The van der Waals surface area contributed by atoms with Crippen LogP contribution in [0.25, 0.3) is 0 Å². The predicted molar refractivity (Wildman–Crippen MR) is 59.5 cm³/mol. The standard InChI is InChI=1S/C11H20ClNO/c1-3-13(9-8-12)10(14)11(2)6-4-5-7-11/h3-9H2,1-2H3. The third-order valence-electron chi connectivity index (χ3n) is 3.25. The lowest BCUT2D eigenvalue weighted by molar-refractivity contribution is -0.140. The summed E-state index contributed by atoms with van der Waals surface area (Å²) < 4.78 is 0. The SMILES string of the molecule is CCN(CCCl)C(=O)C1(C)CCCC1. The van der Waals surface area contributed by atoms with Crippen LogP contribution in [0.4, 0.5) is 0 Å². The van der Waals surface area contributed by atoms with Crippen LogP contribution in [0, 0.1) is 5.41 Å². The third-order valence-corrected chi connectivity index (χ3v) is 3.42. The lowest BCUT2D eigenvalue weighted by Gasteiger charge is -2.30. The lowest BCUT2D eigenvalue weighted by Crippen LogP contribution is -2.42. The fourth-order valence-electron chi connectivity index (χ4n) is 2.26. The molecule has 0 saturated heterocycles. The molecule has 0 aromatic rings. The minimum atomic E-state index is -0.0952. The number of halogens is 1. The number of carbonyl (C=O) groups is 1. The van der Waals surface area contributed by atoms with Gasteiger partial charge in [0.25, 0.3) is 0 Å². The van der Waals surface area contributed by atoms with Crippen molar-refractivity contribution in [2.75, 3.05) is 19.0 Å². The molecule has 3 heteroatoms. The Labute approximate surface area is 91.6 Å². The molecule has 0 unspecified atom stereocenters. The molecule has 14 heavy (non-hydrogen) atoms. The van der Waals surface area contributed by atoms with Gasteiger partial charge in [-0.05, 0) is 19.8 Å². The molecule has 0 heterocycles. The highest BCUT2D eigenvalue weighted by molar-refractivity contribution is 6.18. The van der Waals surface area contributed by atoms with Crippen LogP contribution in [0.5, 0.6) is 0 Å². The molecule has 1 fully saturated rings. The third kappa shape index (κ3) is 2.41. The van der Waals surface area contributed by atoms with Crippen molar-refractivity contribution in [1.29, 1.82) is 0 Å². The molecule has 1 aliphatic carbocycles. The van der Waals surface area contributed by atoms with E-state index < -0.39 is 0 Å². The van der Waals surface area contributed by atoms with Crippen LogP contribution in [0.2, 0.25) is 0 Å². The molecule has 1 saturated carbocycles. The number of nitrogens with zero attached hydrogens (tertiary/aromatic N) is 1. The summed E-state index contributed by atoms with van der Waals surface area (Å²) in [6.45, 7) is 5.58. The van der Waals surface area contributed by atoms with Crippen LogP contribution in [0.1, 0.15) is 39.5 Å². The molecule has 2 nitrogen and oxygen atoms in total. The van der Waals surface area contributed by atoms with E-state index in [1.54, 1.807) is 0 Å². The molecule has 0 radical (unpaired) electrons. The summed E-state index contributed by atoms with van der Waals surface area (Å²) in [5, 5.41) is 0. The van der Waals surface area contributed by atoms with Crippen LogP contribution in [0.15, 0.2) is 0 Å². The number of hydrogen-bond acceptors (Lipinski definition) is 1. The van der Waals surface area contributed by atoms with Crippen LogP contribution < -0.4 is 0 Å². The van der Waals surface area contributed by atoms with Gasteiger partial charge in [-0.2, -0.15) is 0 Å². The van der Waals surface area contributed by atoms with E-state index in [9.17, 15) is 4.79 Å². The molecule has 1 aliphatic rings. The first-order valence-corrected chi connectivity index (χ1v) is 6.03. The van der Waals surface area contributed by atoms with Crippen molar-refractivity contribution in [2.45, 2.75) is 39.5 Å². The van der Waals surface area contributed by atoms with E-state index in [-0.39, 0.29) is 5.41 Å². The number of alkyl halides is 1. The average molecular weight is 218 g/mol. The van der Waals surface area contributed by atoms with Crippen molar-refractivity contribution in [3.63, 3.8) is 0 Å². The Bertz CT molecular complexity index is 199. The Kier molecular flexibility index (Phi) is 4.24. The summed E-state index contributed by atoms with van der Waals surface area (Å²) in [4.78, 5) is 14.0. The van der Waals surface area contributed by atoms with E-state index in [1.807, 2.05) is 11.8 Å². The number of hydrogen-bond donors (Lipinski definition) is 0. The van der Waals surface area contributed by atoms with Crippen molar-refractivity contribution in [2.24, 2.45) is 5.41 Å². The maximum atomic E-state index is 12.2. The molecule has 82 valence electrons. The summed E-state index contributed by atoms with van der Waals surface area (Å²) in [5.41, 5.74) is -0.0952. The molecule has 1 amide bonds. The number of amides is 1. The van der Waals surface area contributed by atoms with E-state index in [1.165, 1.54) is 12.8 Å². The highest BCUT2D eigenvalue weighted by Crippen LogP contribution is 2.39. The molecule has 0 bridgehead atoms. The monoisotopic (exact) mass is 217 g/mol. The van der Waals surface area contributed by atoms with Crippen molar-refractivity contribution in [3.8, 4) is 0 Å². The fourth-order valence-corrected chi connectivity index (χ4v) is 2.46. The Morgan fingerprint density at radius 2 is 2.00 bits per heavy atom. The first kappa shape index (κ1) is 11.8. The van der Waals surface area contributed by atoms with Crippen molar-refractivity contribution in [3.05, 3.63) is 0 Å². The lowest BCUT2D eigenvalue weighted by atomic mass is 9.87. The summed E-state index contributed by atoms with van der Waals surface area (Å²) in [5.74, 6) is 0.841. The normalized spacial score (nSPS) is 19.6. The Morgan fingerprint density at radius 1 is 1.43 bits per heavy atom. The molecule has 0 aromatic heterocycles. The summed E-state index contributed by atoms with van der Waals surface area (Å²) in [6.07, 6.45) is 4.48. The topological polar surface area (TPSA) is 20.3 Å². The van der Waals surface area contributed by atoms with E-state index >= 15 is 0 Å². The van der Waals surface area contributed by atoms with Crippen molar-refractivity contribution in [1.82, 2.24) is 4.90 Å². The van der Waals surface area contributed by atoms with Gasteiger partial charge in [0.1, 0.15) is 0 Å². The molecule has 0 atom stereocenters. The zero-order chi connectivity index (χ0) is 10.6. The van der Waals surface area contributed by atoms with Crippen LogP contribution in [-0.4, -0.2) is 29.8 Å². The second-order valence-electron chi connectivity index (χ2n) is 4.34. The summed E-state index contributed by atoms with van der Waals surface area (Å²) >= 11 is 5.68. The maximum absolute atomic E-state index is 12.2. The highest BCUT2D eigenvalue weighted by Gasteiger charge is 2.38. The van der Waals surface area contributed by atoms with Gasteiger partial charge in [-0.15, -0.1) is 11.6 Å². The molecule has 0 aromatic carbocycles. The first-order chi connectivity index (χ1) is 6.64. The van der Waals surface area contributed by atoms with Crippen molar-refractivity contribution >= 4 is 17.5 Å². The highest BCUT2D eigenvalue weighted by atomic mass is 35.5. The van der Waals surface area contributed by atoms with Crippen LogP contribution in [-0.2, 0) is 4.79 Å². The van der Waals surface area contributed by atoms with Gasteiger partial charge in [0.2, 0.25) is 5.91 Å². The van der Waals surface area contributed by atoms with E-state index in [2.05, 4.69) is 6.92 Å². The number of carbonyl (C=O) groups excluding carboxylic acids is 1. The van der Waals surface area contributed by atoms with Gasteiger partial charge in [-0.1, -0.05) is 19.8 Å². The van der Waals surface area contributed by atoms with Gasteiger partial charge in [0, 0.05) is 24.4 Å². The Morgan fingerprint density at radius 3 is 2.43 bits per heavy atom. The minimum absolute atomic E-state index is 0.0952. The molecule has 0 spiro atoms. The maximum Gasteiger partial charge on any atom is 0.228 e. The second kappa shape index (κ2) is 5.01. The molecular formula is C11H20ClNO. The molecule has 1 rings (SSSR count). The largest absolute Gasteiger partial charge is 0.341 e. The zero-order valence-electron chi connectivity index (χ0n) is 9.18. The fraction of sp³-hybridized carbons (Fsp3) is 0.909. The second-order valence-corrected chi connectivity index (χ2v) is 4.72. The Hall–Kier alpha value is -0.240. The van der Waals surface area contributed by atoms with Gasteiger partial charge < -0.3 is 4.90 Å². The van der Waals surface area contributed by atoms with E-state index in [0.29, 0.717) is 18.3 Å². The van der Waals surface area contributed by atoms with Crippen molar-refractivity contribution < 1.29 is 4.79 Å². The quantitative estimate of drug-likeness (QED) is 0.663. The van der Waals surface area contributed by atoms with Gasteiger partial charge in [-0.3, -0.25) is 4.79 Å². The first-order valence-electron chi connectivity index (χ1n) is 5.49. The van der Waals surface area contributed by atoms with E-state index in [0.717, 1.165) is 19.4 Å². The summed E-state index contributed by atoms with van der Waals surface area (Å²) in [7, 11) is 0. The number of rotatable bonds is 4. The molecular weight excluding hydrogens is 198 g/mol. The summed E-state index contributed by atoms with van der Waals surface area (Å²) in [6, 6.07) is 0. The van der Waals surface area contributed by atoms with Gasteiger partial charge in [-0.25, -0.2) is 0 Å². The molecule has 0 aliphatic heterocycles. The van der Waals surface area contributed by atoms with Gasteiger partial charge >= 0.3 is 0 Å². The Balaban J connectivity index is 2.61. The van der Waals surface area contributed by atoms with Gasteiger partial charge in [0.05, 0.1) is 0 Å². The smallest absolute Gasteiger partial charge is 0.228 e. The van der Waals surface area contributed by atoms with Crippen LogP contribution >= 0.6 is 11.6 Å². The predicted octanol–water partition coefficient (Wildman–Crippen LogP) is 2.65. The van der Waals surface area contributed by atoms with E-state index in [4.69, 9.17) is 11.6 Å². The van der Waals surface area contributed by atoms with Gasteiger partial charge in [0.15, 0.2) is 0 Å². The minimum Gasteiger partial charge on any atom is -0.341 e. The molecule has 0 N–H and O–H groups in total.